The highest BCUT2D eigenvalue weighted by atomic mass is 16.3. The van der Waals surface area contributed by atoms with Crippen LogP contribution in [0.3, 0.4) is 0 Å². The Morgan fingerprint density at radius 2 is 1.92 bits per heavy atom. The Balaban J connectivity index is 1.67. The average Bonchev–Trinajstić information content (AvgIpc) is 2.80. The molecule has 0 aromatic rings. The van der Waals surface area contributed by atoms with Crippen molar-refractivity contribution >= 4 is 5.78 Å². The molecule has 4 rings (SSSR count). The Morgan fingerprint density at radius 3 is 2.67 bits per heavy atom. The minimum Gasteiger partial charge on any atom is -0.389 e. The molecule has 0 radical (unpaired) electrons. The summed E-state index contributed by atoms with van der Waals surface area (Å²) in [5.41, 5.74) is 1.16. The van der Waals surface area contributed by atoms with Gasteiger partial charge in [-0.15, -0.1) is 6.58 Å². The number of aliphatic hydroxyl groups is 1. The Hall–Kier alpha value is -0.890. The smallest absolute Gasteiger partial charge is 0.155 e. The summed E-state index contributed by atoms with van der Waals surface area (Å²) in [6.07, 6.45) is 13.1. The van der Waals surface area contributed by atoms with E-state index in [1.807, 2.05) is 12.2 Å². The summed E-state index contributed by atoms with van der Waals surface area (Å²) in [6.45, 7) is 8.67. The van der Waals surface area contributed by atoms with Crippen LogP contribution in [0.25, 0.3) is 0 Å². The van der Waals surface area contributed by atoms with Crippen LogP contribution >= 0.6 is 0 Å². The number of fused-ring (bicyclic) bond motifs is 5. The molecule has 4 aliphatic rings. The van der Waals surface area contributed by atoms with E-state index in [2.05, 4.69) is 20.4 Å². The Kier molecular flexibility index (Phi) is 3.66. The Labute approximate surface area is 146 Å². The van der Waals surface area contributed by atoms with Gasteiger partial charge < -0.3 is 5.11 Å². The zero-order valence-electron chi connectivity index (χ0n) is 15.3. The fourth-order valence-corrected chi connectivity index (χ4v) is 7.24. The van der Waals surface area contributed by atoms with Crippen molar-refractivity contribution in [3.05, 3.63) is 24.3 Å². The minimum absolute atomic E-state index is 0.0461. The molecule has 2 heteroatoms. The molecule has 0 spiro atoms. The first kappa shape index (κ1) is 16.6. The quantitative estimate of drug-likeness (QED) is 0.738. The highest BCUT2D eigenvalue weighted by Crippen LogP contribution is 2.68. The molecule has 3 fully saturated rings. The first-order valence-electron chi connectivity index (χ1n) is 9.91. The van der Waals surface area contributed by atoms with Gasteiger partial charge in [0.05, 0.1) is 5.60 Å². The largest absolute Gasteiger partial charge is 0.389 e. The highest BCUT2D eigenvalue weighted by Gasteiger charge is 2.63. The van der Waals surface area contributed by atoms with Crippen LogP contribution in [0.2, 0.25) is 0 Å². The van der Waals surface area contributed by atoms with Crippen molar-refractivity contribution in [1.29, 1.82) is 0 Å². The predicted octanol–water partition coefficient (Wildman–Crippen LogP) is 4.83. The van der Waals surface area contributed by atoms with Gasteiger partial charge in [-0.05, 0) is 86.0 Å². The van der Waals surface area contributed by atoms with Crippen LogP contribution in [0.1, 0.15) is 71.6 Å². The van der Waals surface area contributed by atoms with Crippen LogP contribution < -0.4 is 0 Å². The van der Waals surface area contributed by atoms with Crippen LogP contribution in [0, 0.1) is 28.6 Å². The minimum atomic E-state index is -0.552. The number of carbonyl (C=O) groups is 1. The first-order chi connectivity index (χ1) is 11.3. The molecular weight excluding hydrogens is 296 g/mol. The number of rotatable bonds is 2. The van der Waals surface area contributed by atoms with Crippen LogP contribution in [-0.4, -0.2) is 16.5 Å². The molecule has 0 unspecified atom stereocenters. The molecule has 0 aliphatic heterocycles. The monoisotopic (exact) mass is 328 g/mol. The molecule has 0 bridgehead atoms. The summed E-state index contributed by atoms with van der Waals surface area (Å²) < 4.78 is 0. The lowest BCUT2D eigenvalue weighted by atomic mass is 9.46. The lowest BCUT2D eigenvalue weighted by molar-refractivity contribution is -0.128. The van der Waals surface area contributed by atoms with Crippen LogP contribution in [0.5, 0.6) is 0 Å². The van der Waals surface area contributed by atoms with Gasteiger partial charge in [-0.1, -0.05) is 25.5 Å². The van der Waals surface area contributed by atoms with E-state index in [1.54, 1.807) is 0 Å². The van der Waals surface area contributed by atoms with Gasteiger partial charge in [0.25, 0.3) is 0 Å². The molecule has 0 heterocycles. The molecule has 3 saturated carbocycles. The van der Waals surface area contributed by atoms with E-state index in [0.29, 0.717) is 17.6 Å². The summed E-state index contributed by atoms with van der Waals surface area (Å²) in [5.74, 6) is 2.40. The van der Waals surface area contributed by atoms with Crippen molar-refractivity contribution in [2.24, 2.45) is 28.6 Å². The highest BCUT2D eigenvalue weighted by molar-refractivity contribution is 5.91. The van der Waals surface area contributed by atoms with E-state index in [9.17, 15) is 9.90 Å². The second-order valence-corrected chi connectivity index (χ2v) is 9.49. The third kappa shape index (κ3) is 2.01. The number of hydrogen-bond donors (Lipinski definition) is 1. The van der Waals surface area contributed by atoms with Gasteiger partial charge in [0.15, 0.2) is 5.78 Å². The summed E-state index contributed by atoms with van der Waals surface area (Å²) in [5, 5.41) is 11.3. The van der Waals surface area contributed by atoms with E-state index < -0.39 is 5.60 Å². The maximum absolute atomic E-state index is 11.9. The molecule has 4 aliphatic carbocycles. The van der Waals surface area contributed by atoms with Crippen molar-refractivity contribution < 1.29 is 9.90 Å². The number of carbonyl (C=O) groups excluding carboxylic acids is 1. The topological polar surface area (TPSA) is 37.3 Å². The molecule has 2 nitrogen and oxygen atoms in total. The van der Waals surface area contributed by atoms with Crippen LogP contribution in [-0.2, 0) is 4.79 Å². The summed E-state index contributed by atoms with van der Waals surface area (Å²) in [6, 6.07) is 0. The van der Waals surface area contributed by atoms with E-state index in [0.717, 1.165) is 50.9 Å². The molecule has 6 atom stereocenters. The lowest BCUT2D eigenvalue weighted by Crippen LogP contribution is -2.54. The van der Waals surface area contributed by atoms with E-state index in [4.69, 9.17) is 0 Å². The normalized spacial score (nSPS) is 50.5. The first-order valence-corrected chi connectivity index (χ1v) is 9.91. The lowest BCUT2D eigenvalue weighted by Gasteiger charge is -2.59. The third-order valence-electron chi connectivity index (χ3n) is 8.77. The number of hydrogen-bond acceptors (Lipinski definition) is 2. The average molecular weight is 328 g/mol. The van der Waals surface area contributed by atoms with Gasteiger partial charge >= 0.3 is 0 Å². The van der Waals surface area contributed by atoms with Gasteiger partial charge in [0.2, 0.25) is 0 Å². The molecule has 24 heavy (non-hydrogen) atoms. The fourth-order valence-electron chi connectivity index (χ4n) is 7.24. The van der Waals surface area contributed by atoms with Crippen molar-refractivity contribution in [1.82, 2.24) is 0 Å². The van der Waals surface area contributed by atoms with Crippen LogP contribution in [0.4, 0.5) is 0 Å². The number of allylic oxidation sites excluding steroid dienone is 1. The molecule has 0 aromatic heterocycles. The maximum Gasteiger partial charge on any atom is 0.155 e. The Morgan fingerprint density at radius 1 is 1.17 bits per heavy atom. The standard InChI is InChI=1S/C22H32O2/c1-4-10-22(24)13-9-19-17-6-5-15-14-16(23)7-11-20(15,2)18(17)8-12-21(19,22)3/h4,14,17-19,24H,1,5-13H2,2-3H3/t17-,18+,19+,20+,21+,22+/m1/s1. The Bertz CT molecular complexity index is 605. The van der Waals surface area contributed by atoms with Gasteiger partial charge in [0, 0.05) is 6.42 Å². The molecule has 0 aromatic carbocycles. The van der Waals surface area contributed by atoms with Crippen molar-refractivity contribution in [2.75, 3.05) is 0 Å². The fraction of sp³-hybridized carbons (Fsp3) is 0.773. The zero-order chi connectivity index (χ0) is 17.2. The molecule has 1 N–H and O–H groups in total. The summed E-state index contributed by atoms with van der Waals surface area (Å²) in [4.78, 5) is 11.9. The van der Waals surface area contributed by atoms with E-state index in [1.165, 1.54) is 18.4 Å². The van der Waals surface area contributed by atoms with E-state index in [-0.39, 0.29) is 10.8 Å². The summed E-state index contributed by atoms with van der Waals surface area (Å²) >= 11 is 0. The second kappa shape index (κ2) is 5.30. The van der Waals surface area contributed by atoms with Crippen molar-refractivity contribution in [2.45, 2.75) is 77.2 Å². The molecule has 0 saturated heterocycles. The van der Waals surface area contributed by atoms with Gasteiger partial charge in [0.1, 0.15) is 0 Å². The maximum atomic E-state index is 11.9. The van der Waals surface area contributed by atoms with Gasteiger partial charge in [-0.2, -0.15) is 0 Å². The van der Waals surface area contributed by atoms with Crippen molar-refractivity contribution in [3.63, 3.8) is 0 Å². The molecular formula is C22H32O2. The zero-order valence-corrected chi connectivity index (χ0v) is 15.3. The van der Waals surface area contributed by atoms with Gasteiger partial charge in [-0.3, -0.25) is 4.79 Å². The van der Waals surface area contributed by atoms with Crippen LogP contribution in [0.15, 0.2) is 24.3 Å². The van der Waals surface area contributed by atoms with Crippen molar-refractivity contribution in [3.8, 4) is 0 Å². The number of ketones is 1. The predicted molar refractivity (Wildman–Crippen MR) is 96.5 cm³/mol. The van der Waals surface area contributed by atoms with Gasteiger partial charge in [-0.25, -0.2) is 0 Å². The molecule has 0 amide bonds. The summed E-state index contributed by atoms with van der Waals surface area (Å²) in [7, 11) is 0. The third-order valence-corrected chi connectivity index (χ3v) is 8.77. The van der Waals surface area contributed by atoms with E-state index >= 15 is 0 Å². The SMILES string of the molecule is C=CC[C@]1(O)CC[C@H]2[C@@H]3CCC4=CC(=O)CC[C@]4(C)[C@H]3CC[C@@]21C. The molecule has 132 valence electrons. The second-order valence-electron chi connectivity index (χ2n) is 9.49.